The molecule has 0 saturated heterocycles. The van der Waals surface area contributed by atoms with Crippen LogP contribution in [0, 0.1) is 0 Å². The largest absolute Gasteiger partial charge is 0.573 e. The van der Waals surface area contributed by atoms with Gasteiger partial charge in [-0.2, -0.15) is 0 Å². The van der Waals surface area contributed by atoms with Crippen LogP contribution in [0.3, 0.4) is 0 Å². The molecule has 1 aliphatic carbocycles. The van der Waals surface area contributed by atoms with Gasteiger partial charge in [-0.3, -0.25) is 4.79 Å². The Kier molecular flexibility index (Phi) is 2.17. The quantitative estimate of drug-likeness (QED) is 0.721. The van der Waals surface area contributed by atoms with Crippen molar-refractivity contribution in [3.8, 4) is 5.75 Å². The van der Waals surface area contributed by atoms with E-state index in [1.54, 1.807) is 0 Å². The summed E-state index contributed by atoms with van der Waals surface area (Å²) in [6, 6.07) is 4.14. The lowest BCUT2D eigenvalue weighted by atomic mass is 10.1. The SMILES string of the molecule is O=C1CCc2c(OC(F)(F)F)cccc21. The minimum absolute atomic E-state index is 0.127. The molecule has 1 aliphatic rings. The Morgan fingerprint density at radius 2 is 1.93 bits per heavy atom. The molecule has 0 spiro atoms. The van der Waals surface area contributed by atoms with Gasteiger partial charge in [0, 0.05) is 17.5 Å². The molecule has 15 heavy (non-hydrogen) atoms. The van der Waals surface area contributed by atoms with Crippen LogP contribution in [0.25, 0.3) is 0 Å². The summed E-state index contributed by atoms with van der Waals surface area (Å²) in [6.45, 7) is 0. The van der Waals surface area contributed by atoms with Crippen molar-refractivity contribution in [1.82, 2.24) is 0 Å². The molecule has 0 amide bonds. The molecule has 0 fully saturated rings. The number of carbonyl (C=O) groups is 1. The van der Waals surface area contributed by atoms with Crippen LogP contribution in [0.4, 0.5) is 13.2 Å². The molecule has 0 saturated carbocycles. The van der Waals surface area contributed by atoms with Crippen molar-refractivity contribution in [3.63, 3.8) is 0 Å². The Hall–Kier alpha value is -1.52. The number of benzene rings is 1. The molecule has 0 heterocycles. The Morgan fingerprint density at radius 1 is 1.20 bits per heavy atom. The molecule has 1 aromatic rings. The van der Waals surface area contributed by atoms with Gasteiger partial charge in [-0.1, -0.05) is 12.1 Å². The molecule has 0 N–H and O–H groups in total. The lowest BCUT2D eigenvalue weighted by Crippen LogP contribution is -2.18. The van der Waals surface area contributed by atoms with Gasteiger partial charge in [0.1, 0.15) is 5.75 Å². The summed E-state index contributed by atoms with van der Waals surface area (Å²) in [4.78, 5) is 11.2. The minimum atomic E-state index is -4.71. The number of halogens is 3. The van der Waals surface area contributed by atoms with Crippen molar-refractivity contribution in [1.29, 1.82) is 0 Å². The first-order chi connectivity index (χ1) is 6.97. The smallest absolute Gasteiger partial charge is 0.405 e. The first kappa shape index (κ1) is 10.0. The summed E-state index contributed by atoms with van der Waals surface area (Å²) in [5.74, 6) is -0.386. The van der Waals surface area contributed by atoms with E-state index in [0.717, 1.165) is 0 Å². The molecule has 0 bridgehead atoms. The average Bonchev–Trinajstić information content (AvgIpc) is 2.47. The van der Waals surface area contributed by atoms with E-state index in [2.05, 4.69) is 4.74 Å². The van der Waals surface area contributed by atoms with Gasteiger partial charge in [0.15, 0.2) is 5.78 Å². The van der Waals surface area contributed by atoms with Crippen molar-refractivity contribution in [3.05, 3.63) is 29.3 Å². The lowest BCUT2D eigenvalue weighted by molar-refractivity contribution is -0.274. The molecule has 0 atom stereocenters. The van der Waals surface area contributed by atoms with Gasteiger partial charge < -0.3 is 4.74 Å². The number of ketones is 1. The van der Waals surface area contributed by atoms with E-state index in [0.29, 0.717) is 17.5 Å². The highest BCUT2D eigenvalue weighted by Gasteiger charge is 2.33. The number of carbonyl (C=O) groups excluding carboxylic acids is 1. The van der Waals surface area contributed by atoms with E-state index >= 15 is 0 Å². The van der Waals surface area contributed by atoms with Gasteiger partial charge in [0.25, 0.3) is 0 Å². The van der Waals surface area contributed by atoms with Gasteiger partial charge in [-0.05, 0) is 12.5 Å². The van der Waals surface area contributed by atoms with E-state index in [-0.39, 0.29) is 18.0 Å². The zero-order valence-electron chi connectivity index (χ0n) is 7.60. The Labute approximate surface area is 83.7 Å². The standard InChI is InChI=1S/C10H7F3O2/c11-10(12,13)15-9-3-1-2-6-7(9)4-5-8(6)14/h1-3H,4-5H2. The van der Waals surface area contributed by atoms with Crippen molar-refractivity contribution >= 4 is 5.78 Å². The summed E-state index contributed by atoms with van der Waals surface area (Å²) in [7, 11) is 0. The second kappa shape index (κ2) is 3.25. The fourth-order valence-electron chi connectivity index (χ4n) is 1.68. The number of Topliss-reactive ketones (excluding diaryl/α,β-unsaturated/α-hetero) is 1. The second-order valence-electron chi connectivity index (χ2n) is 3.25. The summed E-state index contributed by atoms with van der Waals surface area (Å²) in [6.07, 6.45) is -4.13. The van der Waals surface area contributed by atoms with Crippen LogP contribution in [0.2, 0.25) is 0 Å². The van der Waals surface area contributed by atoms with Crippen LogP contribution < -0.4 is 4.74 Å². The van der Waals surface area contributed by atoms with Gasteiger partial charge in [0.05, 0.1) is 0 Å². The minimum Gasteiger partial charge on any atom is -0.405 e. The number of fused-ring (bicyclic) bond motifs is 1. The zero-order chi connectivity index (χ0) is 11.1. The topological polar surface area (TPSA) is 26.3 Å². The predicted molar refractivity (Wildman–Crippen MR) is 45.8 cm³/mol. The monoisotopic (exact) mass is 216 g/mol. The van der Waals surface area contributed by atoms with Crippen LogP contribution in [0.1, 0.15) is 22.3 Å². The molecule has 0 radical (unpaired) electrons. The highest BCUT2D eigenvalue weighted by atomic mass is 19.4. The number of hydrogen-bond acceptors (Lipinski definition) is 2. The summed E-state index contributed by atoms with van der Waals surface area (Å²) < 4.78 is 39.8. The van der Waals surface area contributed by atoms with Crippen molar-refractivity contribution in [2.45, 2.75) is 19.2 Å². The maximum atomic E-state index is 12.0. The average molecular weight is 216 g/mol. The highest BCUT2D eigenvalue weighted by molar-refractivity contribution is 6.01. The Balaban J connectivity index is 2.38. The molecular formula is C10H7F3O2. The number of rotatable bonds is 1. The van der Waals surface area contributed by atoms with Gasteiger partial charge in [-0.25, -0.2) is 0 Å². The Bertz CT molecular complexity index is 410. The van der Waals surface area contributed by atoms with Crippen LogP contribution in [0.5, 0.6) is 5.75 Å². The fourth-order valence-corrected chi connectivity index (χ4v) is 1.68. The van der Waals surface area contributed by atoms with E-state index in [9.17, 15) is 18.0 Å². The first-order valence-electron chi connectivity index (χ1n) is 4.38. The summed E-state index contributed by atoms with van der Waals surface area (Å²) >= 11 is 0. The molecule has 0 aromatic heterocycles. The third-order valence-corrected chi connectivity index (χ3v) is 2.26. The number of alkyl halides is 3. The summed E-state index contributed by atoms with van der Waals surface area (Å²) in [5, 5.41) is 0. The van der Waals surface area contributed by atoms with Gasteiger partial charge in [0.2, 0.25) is 0 Å². The zero-order valence-corrected chi connectivity index (χ0v) is 7.60. The van der Waals surface area contributed by atoms with Crippen LogP contribution in [-0.2, 0) is 6.42 Å². The molecule has 2 rings (SSSR count). The number of ether oxygens (including phenoxy) is 1. The fraction of sp³-hybridized carbons (Fsp3) is 0.300. The molecule has 1 aromatic carbocycles. The normalized spacial score (nSPS) is 15.3. The maximum Gasteiger partial charge on any atom is 0.573 e. The second-order valence-corrected chi connectivity index (χ2v) is 3.25. The lowest BCUT2D eigenvalue weighted by Gasteiger charge is -2.11. The molecule has 80 valence electrons. The van der Waals surface area contributed by atoms with Gasteiger partial charge in [-0.15, -0.1) is 13.2 Å². The molecule has 0 aliphatic heterocycles. The van der Waals surface area contributed by atoms with E-state index in [1.807, 2.05) is 0 Å². The molecule has 0 unspecified atom stereocenters. The first-order valence-corrected chi connectivity index (χ1v) is 4.38. The van der Waals surface area contributed by atoms with Crippen LogP contribution in [-0.4, -0.2) is 12.1 Å². The maximum absolute atomic E-state index is 12.0. The van der Waals surface area contributed by atoms with Crippen molar-refractivity contribution < 1.29 is 22.7 Å². The third kappa shape index (κ3) is 1.95. The Morgan fingerprint density at radius 3 is 2.60 bits per heavy atom. The molecular weight excluding hydrogens is 209 g/mol. The molecule has 2 nitrogen and oxygen atoms in total. The van der Waals surface area contributed by atoms with Crippen LogP contribution in [0.15, 0.2) is 18.2 Å². The third-order valence-electron chi connectivity index (χ3n) is 2.26. The summed E-state index contributed by atoms with van der Waals surface area (Å²) in [5.41, 5.74) is 0.705. The predicted octanol–water partition coefficient (Wildman–Crippen LogP) is 2.71. The van der Waals surface area contributed by atoms with Crippen molar-refractivity contribution in [2.75, 3.05) is 0 Å². The highest BCUT2D eigenvalue weighted by Crippen LogP contribution is 2.33. The van der Waals surface area contributed by atoms with E-state index < -0.39 is 6.36 Å². The molecule has 5 heteroatoms. The van der Waals surface area contributed by atoms with Crippen molar-refractivity contribution in [2.24, 2.45) is 0 Å². The van der Waals surface area contributed by atoms with Crippen LogP contribution >= 0.6 is 0 Å². The van der Waals surface area contributed by atoms with Gasteiger partial charge >= 0.3 is 6.36 Å². The van der Waals surface area contributed by atoms with E-state index in [1.165, 1.54) is 18.2 Å². The number of hydrogen-bond donors (Lipinski definition) is 0. The van der Waals surface area contributed by atoms with E-state index in [4.69, 9.17) is 0 Å².